The average Bonchev–Trinajstić information content (AvgIpc) is 2.58. The first-order valence-corrected chi connectivity index (χ1v) is 8.12. The van der Waals surface area contributed by atoms with Gasteiger partial charge < -0.3 is 4.74 Å². The van der Waals surface area contributed by atoms with Crippen molar-refractivity contribution in [3.8, 4) is 0 Å². The highest BCUT2D eigenvalue weighted by Crippen LogP contribution is 2.11. The van der Waals surface area contributed by atoms with Crippen LogP contribution in [-0.2, 0) is 9.53 Å². The molecule has 0 bridgehead atoms. The van der Waals surface area contributed by atoms with Gasteiger partial charge in [-0.1, -0.05) is 60.7 Å². The molecule has 0 fully saturated rings. The van der Waals surface area contributed by atoms with E-state index in [2.05, 4.69) is 0 Å². The molecule has 0 radical (unpaired) electrons. The summed E-state index contributed by atoms with van der Waals surface area (Å²) in [5.41, 5.74) is 1.97. The number of allylic oxidation sites excluding steroid dienone is 1. The van der Waals surface area contributed by atoms with Crippen LogP contribution in [0.3, 0.4) is 0 Å². The number of esters is 1. The van der Waals surface area contributed by atoms with Crippen LogP contribution in [0.25, 0.3) is 12.2 Å². The first-order valence-electron chi connectivity index (χ1n) is 8.12. The van der Waals surface area contributed by atoms with Gasteiger partial charge in [0.1, 0.15) is 5.60 Å². The van der Waals surface area contributed by atoms with Crippen LogP contribution >= 0.6 is 0 Å². The lowest BCUT2D eigenvalue weighted by Gasteiger charge is -2.17. The molecular formula is C22H22O3. The van der Waals surface area contributed by atoms with Gasteiger partial charge in [0.05, 0.1) is 0 Å². The molecule has 25 heavy (non-hydrogen) atoms. The summed E-state index contributed by atoms with van der Waals surface area (Å²) in [5, 5.41) is 0. The predicted molar refractivity (Wildman–Crippen MR) is 101 cm³/mol. The molecule has 0 atom stereocenters. The van der Waals surface area contributed by atoms with Crippen LogP contribution in [0.2, 0.25) is 0 Å². The van der Waals surface area contributed by atoms with Crippen molar-refractivity contribution >= 4 is 23.9 Å². The van der Waals surface area contributed by atoms with Gasteiger partial charge in [0.15, 0.2) is 5.78 Å². The largest absolute Gasteiger partial charge is 0.457 e. The van der Waals surface area contributed by atoms with E-state index in [1.165, 1.54) is 6.08 Å². The maximum absolute atomic E-state index is 12.0. The second-order valence-electron chi connectivity index (χ2n) is 6.60. The Hall–Kier alpha value is -2.94. The summed E-state index contributed by atoms with van der Waals surface area (Å²) >= 11 is 0. The highest BCUT2D eigenvalue weighted by Gasteiger charge is 2.13. The van der Waals surface area contributed by atoms with Gasteiger partial charge in [0, 0.05) is 11.6 Å². The van der Waals surface area contributed by atoms with E-state index in [0.29, 0.717) is 5.56 Å². The standard InChI is InChI=1S/C22H22O3/c1-22(2,3)25-21(24)16-14-18-11-9-17(10-12-18)13-15-20(23)19-7-5-4-6-8-19/h4-16H,1-3H3/b15-13+,16-14+. The fourth-order valence-electron chi connectivity index (χ4n) is 2.09. The number of hydrogen-bond donors (Lipinski definition) is 0. The maximum atomic E-state index is 12.0. The Morgan fingerprint density at radius 3 is 1.84 bits per heavy atom. The van der Waals surface area contributed by atoms with E-state index in [-0.39, 0.29) is 11.8 Å². The van der Waals surface area contributed by atoms with Gasteiger partial charge in [0.2, 0.25) is 0 Å². The SMILES string of the molecule is CC(C)(C)OC(=O)/C=C/c1ccc(/C=C/C(=O)c2ccccc2)cc1. The minimum absolute atomic E-state index is 0.0329. The molecular weight excluding hydrogens is 312 g/mol. The summed E-state index contributed by atoms with van der Waals surface area (Å²) in [6.07, 6.45) is 6.45. The van der Waals surface area contributed by atoms with Crippen LogP contribution in [-0.4, -0.2) is 17.4 Å². The third kappa shape index (κ3) is 6.60. The summed E-state index contributed by atoms with van der Waals surface area (Å²) in [4.78, 5) is 23.7. The number of ether oxygens (including phenoxy) is 1. The first-order chi connectivity index (χ1) is 11.8. The van der Waals surface area contributed by atoms with E-state index in [0.717, 1.165) is 11.1 Å². The maximum Gasteiger partial charge on any atom is 0.331 e. The minimum Gasteiger partial charge on any atom is -0.457 e. The Labute approximate surface area is 148 Å². The molecule has 0 amide bonds. The molecule has 0 saturated carbocycles. The molecule has 0 aliphatic heterocycles. The van der Waals surface area contributed by atoms with Crippen LogP contribution < -0.4 is 0 Å². The van der Waals surface area contributed by atoms with Crippen LogP contribution in [0, 0.1) is 0 Å². The number of rotatable bonds is 5. The molecule has 0 aliphatic rings. The molecule has 0 heterocycles. The zero-order chi connectivity index (χ0) is 18.3. The summed E-state index contributed by atoms with van der Waals surface area (Å²) in [6.45, 7) is 5.49. The van der Waals surface area contributed by atoms with Crippen molar-refractivity contribution in [2.45, 2.75) is 26.4 Å². The van der Waals surface area contributed by atoms with Crippen LogP contribution in [0.4, 0.5) is 0 Å². The summed E-state index contributed by atoms with van der Waals surface area (Å²) in [6, 6.07) is 16.7. The molecule has 0 spiro atoms. The zero-order valence-electron chi connectivity index (χ0n) is 14.7. The van der Waals surface area contributed by atoms with Gasteiger partial charge in [-0.2, -0.15) is 0 Å². The first kappa shape index (κ1) is 18.4. The van der Waals surface area contributed by atoms with Gasteiger partial charge in [-0.05, 0) is 44.1 Å². The van der Waals surface area contributed by atoms with Gasteiger partial charge in [-0.15, -0.1) is 0 Å². The average molecular weight is 334 g/mol. The van der Waals surface area contributed by atoms with Crippen LogP contribution in [0.1, 0.15) is 42.3 Å². The Bertz CT molecular complexity index is 776. The van der Waals surface area contributed by atoms with Crippen molar-refractivity contribution in [2.24, 2.45) is 0 Å². The zero-order valence-corrected chi connectivity index (χ0v) is 14.7. The number of ketones is 1. The van der Waals surface area contributed by atoms with Gasteiger partial charge in [0.25, 0.3) is 0 Å². The summed E-state index contributed by atoms with van der Waals surface area (Å²) in [7, 11) is 0. The molecule has 3 heteroatoms. The van der Waals surface area contributed by atoms with Gasteiger partial charge in [-0.3, -0.25) is 4.79 Å². The van der Waals surface area contributed by atoms with E-state index >= 15 is 0 Å². The van der Waals surface area contributed by atoms with Crippen molar-refractivity contribution in [3.05, 3.63) is 83.4 Å². The van der Waals surface area contributed by atoms with Crippen molar-refractivity contribution in [2.75, 3.05) is 0 Å². The molecule has 2 rings (SSSR count). The fourth-order valence-corrected chi connectivity index (χ4v) is 2.09. The lowest BCUT2D eigenvalue weighted by molar-refractivity contribution is -0.148. The van der Waals surface area contributed by atoms with Gasteiger partial charge >= 0.3 is 5.97 Å². The third-order valence-corrected chi connectivity index (χ3v) is 3.24. The quantitative estimate of drug-likeness (QED) is 0.442. The minimum atomic E-state index is -0.499. The molecule has 128 valence electrons. The third-order valence-electron chi connectivity index (χ3n) is 3.24. The van der Waals surface area contributed by atoms with E-state index in [1.54, 1.807) is 30.4 Å². The Kier molecular flexibility index (Phi) is 6.07. The lowest BCUT2D eigenvalue weighted by Crippen LogP contribution is -2.22. The lowest BCUT2D eigenvalue weighted by atomic mass is 10.1. The normalized spacial score (nSPS) is 11.8. The number of hydrogen-bond acceptors (Lipinski definition) is 3. The molecule has 2 aromatic rings. The Morgan fingerprint density at radius 1 is 0.800 bits per heavy atom. The number of carbonyl (C=O) groups excluding carboxylic acids is 2. The van der Waals surface area contributed by atoms with E-state index in [9.17, 15) is 9.59 Å². The Morgan fingerprint density at radius 2 is 1.32 bits per heavy atom. The second-order valence-corrected chi connectivity index (χ2v) is 6.60. The fraction of sp³-hybridized carbons (Fsp3) is 0.182. The second kappa shape index (κ2) is 8.25. The molecule has 2 aromatic carbocycles. The van der Waals surface area contributed by atoms with Crippen molar-refractivity contribution in [1.82, 2.24) is 0 Å². The molecule has 0 saturated heterocycles. The smallest absolute Gasteiger partial charge is 0.331 e. The van der Waals surface area contributed by atoms with Crippen molar-refractivity contribution in [1.29, 1.82) is 0 Å². The van der Waals surface area contributed by atoms with E-state index < -0.39 is 5.60 Å². The summed E-state index contributed by atoms with van der Waals surface area (Å²) in [5.74, 6) is -0.403. The number of carbonyl (C=O) groups is 2. The number of benzene rings is 2. The highest BCUT2D eigenvalue weighted by molar-refractivity contribution is 6.06. The Balaban J connectivity index is 1.97. The van der Waals surface area contributed by atoms with Crippen LogP contribution in [0.5, 0.6) is 0 Å². The van der Waals surface area contributed by atoms with Crippen molar-refractivity contribution in [3.63, 3.8) is 0 Å². The van der Waals surface area contributed by atoms with E-state index in [1.807, 2.05) is 63.2 Å². The molecule has 3 nitrogen and oxygen atoms in total. The highest BCUT2D eigenvalue weighted by atomic mass is 16.6. The summed E-state index contributed by atoms with van der Waals surface area (Å²) < 4.78 is 5.22. The molecule has 0 unspecified atom stereocenters. The molecule has 0 N–H and O–H groups in total. The van der Waals surface area contributed by atoms with Crippen LogP contribution in [0.15, 0.2) is 66.7 Å². The van der Waals surface area contributed by atoms with E-state index in [4.69, 9.17) is 4.74 Å². The molecule has 0 aliphatic carbocycles. The topological polar surface area (TPSA) is 43.4 Å². The monoisotopic (exact) mass is 334 g/mol. The van der Waals surface area contributed by atoms with Gasteiger partial charge in [-0.25, -0.2) is 4.79 Å². The molecule has 0 aromatic heterocycles. The van der Waals surface area contributed by atoms with Crippen molar-refractivity contribution < 1.29 is 14.3 Å². The predicted octanol–water partition coefficient (Wildman–Crippen LogP) is 4.94.